The smallest absolute Gasteiger partial charge is 0.330 e. The van der Waals surface area contributed by atoms with Crippen molar-refractivity contribution >= 4 is 11.3 Å². The van der Waals surface area contributed by atoms with Crippen molar-refractivity contribution in [2.75, 3.05) is 20.3 Å². The van der Waals surface area contributed by atoms with E-state index in [2.05, 4.69) is 10.1 Å². The van der Waals surface area contributed by atoms with Crippen LogP contribution in [0.15, 0.2) is 11.4 Å². The number of rotatable bonds is 7. The van der Waals surface area contributed by atoms with E-state index in [9.17, 15) is 17.6 Å². The van der Waals surface area contributed by atoms with Crippen LogP contribution in [0, 0.1) is 6.92 Å². The number of hydrogen-bond acceptors (Lipinski definition) is 3. The van der Waals surface area contributed by atoms with Gasteiger partial charge in [0.15, 0.2) is 0 Å². The average molecular weight is 285 g/mol. The predicted molar refractivity (Wildman–Crippen MR) is 62.6 cm³/mol. The Morgan fingerprint density at radius 3 is 2.56 bits per heavy atom. The van der Waals surface area contributed by atoms with Gasteiger partial charge in [-0.3, -0.25) is 0 Å². The zero-order valence-corrected chi connectivity index (χ0v) is 10.9. The van der Waals surface area contributed by atoms with E-state index in [1.165, 1.54) is 11.3 Å². The molecule has 0 radical (unpaired) electrons. The lowest BCUT2D eigenvalue weighted by atomic mass is 10.1. The quantitative estimate of drug-likeness (QED) is 0.777. The summed E-state index contributed by atoms with van der Waals surface area (Å²) < 4.78 is 53.7. The van der Waals surface area contributed by atoms with Crippen LogP contribution in [0.1, 0.15) is 16.5 Å². The molecule has 0 aliphatic carbocycles. The molecule has 1 aromatic heterocycles. The van der Waals surface area contributed by atoms with Gasteiger partial charge in [0, 0.05) is 4.88 Å². The third kappa shape index (κ3) is 4.22. The van der Waals surface area contributed by atoms with Crippen molar-refractivity contribution in [2.45, 2.75) is 25.3 Å². The number of thiophene rings is 1. The Bertz CT molecular complexity index is 370. The van der Waals surface area contributed by atoms with Crippen molar-refractivity contribution in [2.24, 2.45) is 0 Å². The number of alkyl halides is 4. The molecule has 1 atom stereocenters. The van der Waals surface area contributed by atoms with Crippen LogP contribution in [0.5, 0.6) is 0 Å². The minimum atomic E-state index is -4.09. The van der Waals surface area contributed by atoms with E-state index in [-0.39, 0.29) is 12.6 Å². The molecule has 1 unspecified atom stereocenters. The largest absolute Gasteiger partial charge is 0.373 e. The van der Waals surface area contributed by atoms with Gasteiger partial charge in [0.2, 0.25) is 0 Å². The maximum absolute atomic E-state index is 12.6. The molecule has 0 amide bonds. The Morgan fingerprint density at radius 1 is 1.44 bits per heavy atom. The monoisotopic (exact) mass is 285 g/mol. The number of hydrogen-bond donors (Lipinski definition) is 1. The molecule has 2 nitrogen and oxygen atoms in total. The summed E-state index contributed by atoms with van der Waals surface area (Å²) in [5.74, 6) is -4.09. The highest BCUT2D eigenvalue weighted by Gasteiger charge is 2.41. The maximum Gasteiger partial charge on any atom is 0.330 e. The van der Waals surface area contributed by atoms with Gasteiger partial charge in [0.25, 0.3) is 0 Å². The molecule has 7 heteroatoms. The zero-order chi connectivity index (χ0) is 13.8. The molecule has 1 heterocycles. The Hall–Kier alpha value is -0.660. The molecule has 1 rings (SSSR count). The van der Waals surface area contributed by atoms with E-state index >= 15 is 0 Å². The van der Waals surface area contributed by atoms with Gasteiger partial charge in [-0.2, -0.15) is 8.78 Å². The Kier molecular flexibility index (Phi) is 5.55. The van der Waals surface area contributed by atoms with Crippen LogP contribution < -0.4 is 5.32 Å². The Morgan fingerprint density at radius 2 is 2.11 bits per heavy atom. The molecule has 0 spiro atoms. The lowest BCUT2D eigenvalue weighted by molar-refractivity contribution is -0.167. The molecule has 1 N–H and O–H groups in total. The minimum absolute atomic E-state index is 0.0744. The first-order chi connectivity index (χ1) is 8.36. The Balaban J connectivity index is 2.46. The number of likely N-dealkylation sites (N-methyl/N-ethyl adjacent to an activating group) is 1. The fraction of sp³-hybridized carbons (Fsp3) is 0.636. The second kappa shape index (κ2) is 6.49. The third-order valence-electron chi connectivity index (χ3n) is 2.40. The average Bonchev–Trinajstić information content (AvgIpc) is 2.71. The van der Waals surface area contributed by atoms with Crippen LogP contribution in [-0.4, -0.2) is 32.6 Å². The third-order valence-corrected chi connectivity index (χ3v) is 3.28. The van der Waals surface area contributed by atoms with E-state index in [0.29, 0.717) is 0 Å². The van der Waals surface area contributed by atoms with Crippen LogP contribution in [0.3, 0.4) is 0 Å². The van der Waals surface area contributed by atoms with Crippen molar-refractivity contribution in [1.82, 2.24) is 5.32 Å². The van der Waals surface area contributed by atoms with E-state index in [0.717, 1.165) is 10.4 Å². The molecular weight excluding hydrogens is 270 g/mol. The minimum Gasteiger partial charge on any atom is -0.373 e. The summed E-state index contributed by atoms with van der Waals surface area (Å²) in [6.07, 6.45) is -3.70. The summed E-state index contributed by atoms with van der Waals surface area (Å²) in [6.45, 7) is 0.577. The normalized spacial score (nSPS) is 14.2. The van der Waals surface area contributed by atoms with Crippen molar-refractivity contribution in [3.05, 3.63) is 21.9 Å². The van der Waals surface area contributed by atoms with Gasteiger partial charge < -0.3 is 10.1 Å². The molecular formula is C11H15F4NOS. The van der Waals surface area contributed by atoms with Crippen LogP contribution in [0.4, 0.5) is 17.6 Å². The van der Waals surface area contributed by atoms with Crippen molar-refractivity contribution in [1.29, 1.82) is 0 Å². The first kappa shape index (κ1) is 15.4. The summed E-state index contributed by atoms with van der Waals surface area (Å²) in [6, 6.07) is 1.63. The second-order valence-electron chi connectivity index (χ2n) is 3.91. The Labute approximate surface area is 107 Å². The van der Waals surface area contributed by atoms with Gasteiger partial charge in [0.05, 0.1) is 12.6 Å². The second-order valence-corrected chi connectivity index (χ2v) is 5.02. The van der Waals surface area contributed by atoms with Gasteiger partial charge >= 0.3 is 12.3 Å². The molecule has 0 aromatic carbocycles. The first-order valence-corrected chi connectivity index (χ1v) is 6.21. The molecule has 0 aliphatic heterocycles. The molecule has 0 fully saturated rings. The summed E-state index contributed by atoms with van der Waals surface area (Å²) >= 11 is 1.53. The van der Waals surface area contributed by atoms with Gasteiger partial charge in [-0.15, -0.1) is 11.3 Å². The molecule has 0 saturated carbocycles. The van der Waals surface area contributed by atoms with E-state index < -0.39 is 19.0 Å². The van der Waals surface area contributed by atoms with Gasteiger partial charge in [-0.25, -0.2) is 8.78 Å². The van der Waals surface area contributed by atoms with Crippen LogP contribution in [0.25, 0.3) is 0 Å². The highest BCUT2D eigenvalue weighted by Crippen LogP contribution is 2.24. The number of ether oxygens (including phenoxy) is 1. The van der Waals surface area contributed by atoms with Crippen LogP contribution in [-0.2, 0) is 4.74 Å². The molecule has 104 valence electrons. The lowest BCUT2D eigenvalue weighted by Crippen LogP contribution is -2.34. The standard InChI is InChI=1S/C11H15F4NOS/c1-7-3-8(5-18-7)9(16-2)4-17-6-11(14,15)10(12)13/h3,5,9-10,16H,4,6H2,1-2H3. The van der Waals surface area contributed by atoms with Gasteiger partial charge in [-0.05, 0) is 31.0 Å². The number of nitrogens with one attached hydrogen (secondary N) is 1. The van der Waals surface area contributed by atoms with Crippen molar-refractivity contribution in [3.8, 4) is 0 Å². The summed E-state index contributed by atoms with van der Waals surface area (Å²) in [5, 5.41) is 4.78. The summed E-state index contributed by atoms with van der Waals surface area (Å²) in [5.41, 5.74) is 0.903. The fourth-order valence-electron chi connectivity index (χ4n) is 1.37. The molecule has 1 aromatic rings. The molecule has 18 heavy (non-hydrogen) atoms. The first-order valence-electron chi connectivity index (χ1n) is 5.33. The molecule has 0 bridgehead atoms. The highest BCUT2D eigenvalue weighted by atomic mass is 32.1. The topological polar surface area (TPSA) is 21.3 Å². The SMILES string of the molecule is CNC(COCC(F)(F)C(F)F)c1csc(C)c1. The number of halogens is 4. The van der Waals surface area contributed by atoms with Gasteiger partial charge in [0.1, 0.15) is 6.61 Å². The predicted octanol–water partition coefficient (Wildman–Crippen LogP) is 3.23. The summed E-state index contributed by atoms with van der Waals surface area (Å²) in [4.78, 5) is 1.09. The highest BCUT2D eigenvalue weighted by molar-refractivity contribution is 7.10. The molecule has 0 aliphatic rings. The van der Waals surface area contributed by atoms with E-state index in [4.69, 9.17) is 0 Å². The van der Waals surface area contributed by atoms with Crippen molar-refractivity contribution in [3.63, 3.8) is 0 Å². The maximum atomic E-state index is 12.6. The zero-order valence-electron chi connectivity index (χ0n) is 10.1. The van der Waals surface area contributed by atoms with Gasteiger partial charge in [-0.1, -0.05) is 0 Å². The number of aryl methyl sites for hydroxylation is 1. The fourth-order valence-corrected chi connectivity index (χ4v) is 2.13. The van der Waals surface area contributed by atoms with Crippen LogP contribution in [0.2, 0.25) is 0 Å². The van der Waals surface area contributed by atoms with Crippen LogP contribution >= 0.6 is 11.3 Å². The van der Waals surface area contributed by atoms with Crippen molar-refractivity contribution < 1.29 is 22.3 Å². The molecule has 0 saturated heterocycles. The van der Waals surface area contributed by atoms with E-state index in [1.807, 2.05) is 18.4 Å². The lowest BCUT2D eigenvalue weighted by Gasteiger charge is -2.19. The van der Waals surface area contributed by atoms with E-state index in [1.54, 1.807) is 7.05 Å². The summed E-state index contributed by atoms with van der Waals surface area (Å²) in [7, 11) is 1.66.